The Labute approximate surface area is 143 Å². The number of nitrogens with zero attached hydrogens (tertiary/aromatic N) is 2. The van der Waals surface area contributed by atoms with E-state index in [9.17, 15) is 4.79 Å². The van der Waals surface area contributed by atoms with Crippen molar-refractivity contribution in [2.24, 2.45) is 0 Å². The zero-order valence-corrected chi connectivity index (χ0v) is 14.8. The second kappa shape index (κ2) is 8.47. The molecule has 2 N–H and O–H groups in total. The van der Waals surface area contributed by atoms with Crippen LogP contribution in [0, 0.1) is 6.92 Å². The summed E-state index contributed by atoms with van der Waals surface area (Å²) in [4.78, 5) is 16.5. The number of hydrogen-bond acceptors (Lipinski definition) is 5. The Bertz CT molecular complexity index is 681. The van der Waals surface area contributed by atoms with Crippen LogP contribution >= 0.6 is 0 Å². The van der Waals surface area contributed by atoms with Gasteiger partial charge >= 0.3 is 0 Å². The summed E-state index contributed by atoms with van der Waals surface area (Å²) in [6, 6.07) is 5.79. The Morgan fingerprint density at radius 3 is 2.79 bits per heavy atom. The molecule has 1 atom stereocenters. The highest BCUT2D eigenvalue weighted by Gasteiger charge is 2.11. The van der Waals surface area contributed by atoms with Crippen molar-refractivity contribution in [1.29, 1.82) is 0 Å². The van der Waals surface area contributed by atoms with Crippen LogP contribution in [0.25, 0.3) is 0 Å². The standard InChI is InChI=1S/C18H26N4O2/c1-5-7-16-21-17(24-22-16)11-19-15-9-8-14(10-12(15)3)18(23)20-13(4)6-2/h8-10,13,19H,5-7,11H2,1-4H3,(H,20,23). The van der Waals surface area contributed by atoms with Gasteiger partial charge in [0.15, 0.2) is 5.82 Å². The summed E-state index contributed by atoms with van der Waals surface area (Å²) in [5.41, 5.74) is 2.62. The molecule has 2 aromatic rings. The average molecular weight is 330 g/mol. The molecule has 2 rings (SSSR count). The quantitative estimate of drug-likeness (QED) is 0.774. The first kappa shape index (κ1) is 18.0. The number of aryl methyl sites for hydroxylation is 2. The zero-order chi connectivity index (χ0) is 17.5. The third kappa shape index (κ3) is 4.81. The lowest BCUT2D eigenvalue weighted by atomic mass is 10.1. The Kier molecular flexibility index (Phi) is 6.35. The second-order valence-corrected chi connectivity index (χ2v) is 6.02. The predicted octanol–water partition coefficient (Wildman–Crippen LogP) is 3.47. The van der Waals surface area contributed by atoms with Gasteiger partial charge in [0.1, 0.15) is 0 Å². The van der Waals surface area contributed by atoms with Crippen molar-refractivity contribution in [2.75, 3.05) is 5.32 Å². The van der Waals surface area contributed by atoms with Gasteiger partial charge in [-0.25, -0.2) is 0 Å². The number of aromatic nitrogens is 2. The van der Waals surface area contributed by atoms with E-state index in [4.69, 9.17) is 4.52 Å². The molecule has 1 heterocycles. The fraction of sp³-hybridized carbons (Fsp3) is 0.500. The van der Waals surface area contributed by atoms with Crippen molar-refractivity contribution in [1.82, 2.24) is 15.5 Å². The molecule has 0 aliphatic heterocycles. The largest absolute Gasteiger partial charge is 0.376 e. The highest BCUT2D eigenvalue weighted by molar-refractivity contribution is 5.95. The molecule has 6 nitrogen and oxygen atoms in total. The Morgan fingerprint density at radius 1 is 1.33 bits per heavy atom. The van der Waals surface area contributed by atoms with E-state index in [1.54, 1.807) is 0 Å². The van der Waals surface area contributed by atoms with Gasteiger partial charge in [-0.2, -0.15) is 4.98 Å². The Hall–Kier alpha value is -2.37. The van der Waals surface area contributed by atoms with E-state index in [0.29, 0.717) is 18.0 Å². The maximum Gasteiger partial charge on any atom is 0.251 e. The molecule has 130 valence electrons. The first-order valence-corrected chi connectivity index (χ1v) is 8.50. The molecule has 0 saturated heterocycles. The predicted molar refractivity (Wildman–Crippen MR) is 94.0 cm³/mol. The van der Waals surface area contributed by atoms with Crippen LogP contribution in [-0.2, 0) is 13.0 Å². The number of nitrogens with one attached hydrogen (secondary N) is 2. The molecule has 0 aliphatic rings. The van der Waals surface area contributed by atoms with Crippen LogP contribution in [0.5, 0.6) is 0 Å². The Balaban J connectivity index is 1.97. The number of rotatable bonds is 8. The number of benzene rings is 1. The van der Waals surface area contributed by atoms with E-state index < -0.39 is 0 Å². The molecule has 0 bridgehead atoms. The lowest BCUT2D eigenvalue weighted by molar-refractivity contribution is 0.0939. The van der Waals surface area contributed by atoms with Gasteiger partial charge in [-0.1, -0.05) is 19.0 Å². The lowest BCUT2D eigenvalue weighted by Gasteiger charge is -2.13. The smallest absolute Gasteiger partial charge is 0.251 e. The summed E-state index contributed by atoms with van der Waals surface area (Å²) in [6.45, 7) is 8.57. The van der Waals surface area contributed by atoms with Gasteiger partial charge in [-0.3, -0.25) is 4.79 Å². The molecule has 0 fully saturated rings. The molecule has 24 heavy (non-hydrogen) atoms. The average Bonchev–Trinajstić information content (AvgIpc) is 3.01. The minimum Gasteiger partial charge on any atom is -0.376 e. The minimum atomic E-state index is -0.0416. The van der Waals surface area contributed by atoms with Crippen LogP contribution in [0.1, 0.15) is 61.2 Å². The van der Waals surface area contributed by atoms with Gasteiger partial charge < -0.3 is 15.2 Å². The van der Waals surface area contributed by atoms with Crippen molar-refractivity contribution in [2.45, 2.75) is 59.5 Å². The molecule has 1 unspecified atom stereocenters. The van der Waals surface area contributed by atoms with Gasteiger partial charge in [0.25, 0.3) is 5.91 Å². The first-order chi connectivity index (χ1) is 11.5. The lowest BCUT2D eigenvalue weighted by Crippen LogP contribution is -2.31. The van der Waals surface area contributed by atoms with Gasteiger partial charge in [-0.15, -0.1) is 0 Å². The minimum absolute atomic E-state index is 0.0416. The molecule has 0 saturated carbocycles. The van der Waals surface area contributed by atoms with Crippen LogP contribution in [0.2, 0.25) is 0 Å². The number of hydrogen-bond donors (Lipinski definition) is 2. The van der Waals surface area contributed by atoms with E-state index in [0.717, 1.165) is 36.3 Å². The van der Waals surface area contributed by atoms with Gasteiger partial charge in [-0.05, 0) is 50.5 Å². The third-order valence-corrected chi connectivity index (χ3v) is 3.89. The van der Waals surface area contributed by atoms with Crippen molar-refractivity contribution >= 4 is 11.6 Å². The number of carbonyl (C=O) groups is 1. The summed E-state index contributed by atoms with van der Waals surface area (Å²) in [5, 5.41) is 10.2. The molecule has 6 heteroatoms. The van der Waals surface area contributed by atoms with E-state index in [-0.39, 0.29) is 11.9 Å². The molecule has 1 amide bonds. The van der Waals surface area contributed by atoms with E-state index in [2.05, 4.69) is 27.7 Å². The SMILES string of the molecule is CCCc1noc(CNc2ccc(C(=O)NC(C)CC)cc2C)n1. The van der Waals surface area contributed by atoms with E-state index in [1.165, 1.54) is 0 Å². The van der Waals surface area contributed by atoms with Crippen LogP contribution in [-0.4, -0.2) is 22.1 Å². The van der Waals surface area contributed by atoms with E-state index in [1.807, 2.05) is 39.0 Å². The van der Waals surface area contributed by atoms with Crippen LogP contribution in [0.4, 0.5) is 5.69 Å². The molecule has 0 spiro atoms. The van der Waals surface area contributed by atoms with Crippen molar-refractivity contribution in [3.63, 3.8) is 0 Å². The van der Waals surface area contributed by atoms with Crippen LogP contribution in [0.3, 0.4) is 0 Å². The number of amides is 1. The van der Waals surface area contributed by atoms with Gasteiger partial charge in [0.2, 0.25) is 5.89 Å². The van der Waals surface area contributed by atoms with Crippen LogP contribution in [0.15, 0.2) is 22.7 Å². The fourth-order valence-corrected chi connectivity index (χ4v) is 2.27. The van der Waals surface area contributed by atoms with Gasteiger partial charge in [0.05, 0.1) is 6.54 Å². The van der Waals surface area contributed by atoms with Crippen molar-refractivity contribution < 1.29 is 9.32 Å². The second-order valence-electron chi connectivity index (χ2n) is 6.02. The number of anilines is 1. The third-order valence-electron chi connectivity index (χ3n) is 3.89. The molecule has 1 aromatic heterocycles. The summed E-state index contributed by atoms with van der Waals surface area (Å²) in [7, 11) is 0. The van der Waals surface area contributed by atoms with Gasteiger partial charge in [0, 0.05) is 23.7 Å². The normalized spacial score (nSPS) is 12.0. The molecule has 0 aliphatic carbocycles. The fourth-order valence-electron chi connectivity index (χ4n) is 2.27. The molecular weight excluding hydrogens is 304 g/mol. The number of carbonyl (C=O) groups excluding carboxylic acids is 1. The topological polar surface area (TPSA) is 80.0 Å². The maximum atomic E-state index is 12.2. The maximum absolute atomic E-state index is 12.2. The van der Waals surface area contributed by atoms with Crippen LogP contribution < -0.4 is 10.6 Å². The van der Waals surface area contributed by atoms with Crippen molar-refractivity contribution in [3.05, 3.63) is 41.0 Å². The summed E-state index contributed by atoms with van der Waals surface area (Å²) < 4.78 is 5.21. The Morgan fingerprint density at radius 2 is 2.12 bits per heavy atom. The highest BCUT2D eigenvalue weighted by Crippen LogP contribution is 2.17. The summed E-state index contributed by atoms with van der Waals surface area (Å²) in [5.74, 6) is 1.26. The monoisotopic (exact) mass is 330 g/mol. The molecule has 0 radical (unpaired) electrons. The molecule has 1 aromatic carbocycles. The first-order valence-electron chi connectivity index (χ1n) is 8.50. The summed E-state index contributed by atoms with van der Waals surface area (Å²) >= 11 is 0. The summed E-state index contributed by atoms with van der Waals surface area (Å²) in [6.07, 6.45) is 2.72. The highest BCUT2D eigenvalue weighted by atomic mass is 16.5. The van der Waals surface area contributed by atoms with Crippen molar-refractivity contribution in [3.8, 4) is 0 Å². The molecular formula is C18H26N4O2. The zero-order valence-electron chi connectivity index (χ0n) is 14.8. The van der Waals surface area contributed by atoms with E-state index >= 15 is 0 Å².